The number of hydrogen-bond donors (Lipinski definition) is 0. The van der Waals surface area contributed by atoms with Gasteiger partial charge in [0.25, 0.3) is 0 Å². The van der Waals surface area contributed by atoms with Gasteiger partial charge in [-0.3, -0.25) is 0 Å². The number of nitrogens with zero attached hydrogens (tertiary/aromatic N) is 4. The van der Waals surface area contributed by atoms with Crippen LogP contribution in [-0.4, -0.2) is 19.6 Å². The first-order valence-electron chi connectivity index (χ1n) is 18.8. The fourth-order valence-electron chi connectivity index (χ4n) is 8.02. The summed E-state index contributed by atoms with van der Waals surface area (Å²) in [6.07, 6.45) is 0. The SMILES string of the molecule is c1ccc(-c2cc(-c3ccc(-c4cc5ccccc5c5c(-c6ccccc6)c(-c6ccccc6)nn45)cc3)nc(-c3cccc4sc5ccccc5c34)n2)cc1. The molecular formula is C51H32N4S. The van der Waals surface area contributed by atoms with Crippen LogP contribution >= 0.6 is 11.3 Å². The van der Waals surface area contributed by atoms with E-state index in [4.69, 9.17) is 15.1 Å². The van der Waals surface area contributed by atoms with E-state index in [-0.39, 0.29) is 0 Å². The minimum atomic E-state index is 0.717. The lowest BCUT2D eigenvalue weighted by Crippen LogP contribution is -1.97. The molecule has 262 valence electrons. The topological polar surface area (TPSA) is 43.1 Å². The van der Waals surface area contributed by atoms with Crippen LogP contribution in [0, 0.1) is 0 Å². The van der Waals surface area contributed by atoms with Gasteiger partial charge in [0.05, 0.1) is 22.6 Å². The molecule has 0 amide bonds. The highest BCUT2D eigenvalue weighted by molar-refractivity contribution is 7.25. The summed E-state index contributed by atoms with van der Waals surface area (Å²) >= 11 is 1.81. The van der Waals surface area contributed by atoms with E-state index in [0.29, 0.717) is 5.82 Å². The quantitative estimate of drug-likeness (QED) is 0.171. The smallest absolute Gasteiger partial charge is 0.161 e. The molecule has 11 rings (SSSR count). The van der Waals surface area contributed by atoms with E-state index in [1.807, 2.05) is 17.4 Å². The summed E-state index contributed by atoms with van der Waals surface area (Å²) in [6.45, 7) is 0. The molecule has 0 unspecified atom stereocenters. The van der Waals surface area contributed by atoms with Crippen molar-refractivity contribution in [2.75, 3.05) is 0 Å². The molecule has 0 aliphatic carbocycles. The van der Waals surface area contributed by atoms with Crippen molar-refractivity contribution in [3.63, 3.8) is 0 Å². The van der Waals surface area contributed by atoms with Gasteiger partial charge in [-0.15, -0.1) is 11.3 Å². The first-order valence-corrected chi connectivity index (χ1v) is 19.6. The van der Waals surface area contributed by atoms with Crippen LogP contribution in [0.5, 0.6) is 0 Å². The predicted octanol–water partition coefficient (Wildman–Crippen LogP) is 13.6. The van der Waals surface area contributed by atoms with Crippen LogP contribution in [0.1, 0.15) is 0 Å². The van der Waals surface area contributed by atoms with Crippen molar-refractivity contribution in [1.82, 2.24) is 19.6 Å². The maximum Gasteiger partial charge on any atom is 0.161 e. The van der Waals surface area contributed by atoms with Gasteiger partial charge in [-0.1, -0.05) is 170 Å². The Balaban J connectivity index is 1.10. The molecule has 5 heteroatoms. The summed E-state index contributed by atoms with van der Waals surface area (Å²) in [5.41, 5.74) is 12.4. The lowest BCUT2D eigenvalue weighted by molar-refractivity contribution is 0.979. The summed E-state index contributed by atoms with van der Waals surface area (Å²) in [5, 5.41) is 10.2. The Morgan fingerprint density at radius 1 is 0.429 bits per heavy atom. The number of pyridine rings is 1. The van der Waals surface area contributed by atoms with E-state index >= 15 is 0 Å². The molecule has 0 atom stereocenters. The van der Waals surface area contributed by atoms with E-state index in [0.717, 1.165) is 72.6 Å². The highest BCUT2D eigenvalue weighted by Crippen LogP contribution is 2.42. The number of rotatable bonds is 6. The van der Waals surface area contributed by atoms with E-state index in [2.05, 4.69) is 193 Å². The predicted molar refractivity (Wildman–Crippen MR) is 234 cm³/mol. The normalized spacial score (nSPS) is 11.6. The molecule has 0 saturated heterocycles. The number of fused-ring (bicyclic) bond motifs is 6. The second-order valence-corrected chi connectivity index (χ2v) is 15.1. The average molecular weight is 733 g/mol. The summed E-state index contributed by atoms with van der Waals surface area (Å²) in [7, 11) is 0. The zero-order valence-corrected chi connectivity index (χ0v) is 31.0. The lowest BCUT2D eigenvalue weighted by Gasteiger charge is -2.12. The molecular weight excluding hydrogens is 701 g/mol. The van der Waals surface area contributed by atoms with Gasteiger partial charge in [0, 0.05) is 58.9 Å². The minimum Gasteiger partial charge on any atom is -0.231 e. The Hall–Kier alpha value is -7.21. The van der Waals surface area contributed by atoms with E-state index in [1.165, 1.54) is 25.6 Å². The molecule has 0 radical (unpaired) electrons. The Kier molecular flexibility index (Phi) is 7.64. The monoisotopic (exact) mass is 732 g/mol. The average Bonchev–Trinajstić information content (AvgIpc) is 3.87. The van der Waals surface area contributed by atoms with E-state index < -0.39 is 0 Å². The van der Waals surface area contributed by atoms with Crippen LogP contribution in [0.2, 0.25) is 0 Å². The second kappa shape index (κ2) is 13.3. The summed E-state index contributed by atoms with van der Waals surface area (Å²) in [6, 6.07) is 68.3. The largest absolute Gasteiger partial charge is 0.231 e. The van der Waals surface area contributed by atoms with Gasteiger partial charge in [0.15, 0.2) is 5.82 Å². The van der Waals surface area contributed by atoms with Gasteiger partial charge in [-0.05, 0) is 35.2 Å². The maximum atomic E-state index is 5.40. The first kappa shape index (κ1) is 32.2. The van der Waals surface area contributed by atoms with Gasteiger partial charge in [-0.25, -0.2) is 14.5 Å². The van der Waals surface area contributed by atoms with E-state index in [9.17, 15) is 0 Å². The van der Waals surface area contributed by atoms with Crippen LogP contribution in [-0.2, 0) is 0 Å². The fourth-order valence-corrected chi connectivity index (χ4v) is 9.15. The van der Waals surface area contributed by atoms with Crippen molar-refractivity contribution in [2.24, 2.45) is 0 Å². The van der Waals surface area contributed by atoms with Crippen LogP contribution in [0.25, 0.3) is 104 Å². The van der Waals surface area contributed by atoms with Crippen molar-refractivity contribution < 1.29 is 0 Å². The molecule has 11 aromatic rings. The maximum absolute atomic E-state index is 5.40. The van der Waals surface area contributed by atoms with Gasteiger partial charge in [0.1, 0.15) is 5.69 Å². The lowest BCUT2D eigenvalue weighted by atomic mass is 9.97. The number of thiophene rings is 1. The Bertz CT molecular complexity index is 3220. The van der Waals surface area contributed by atoms with Crippen molar-refractivity contribution in [3.05, 3.63) is 194 Å². The first-order chi connectivity index (χ1) is 27.8. The van der Waals surface area contributed by atoms with Gasteiger partial charge < -0.3 is 0 Å². The van der Waals surface area contributed by atoms with Crippen LogP contribution in [0.15, 0.2) is 194 Å². The molecule has 0 bridgehead atoms. The molecule has 4 heterocycles. The Morgan fingerprint density at radius 2 is 1.00 bits per heavy atom. The molecule has 0 spiro atoms. The molecule has 56 heavy (non-hydrogen) atoms. The summed E-state index contributed by atoms with van der Waals surface area (Å²) in [5.74, 6) is 0.717. The Morgan fingerprint density at radius 3 is 1.73 bits per heavy atom. The zero-order chi connectivity index (χ0) is 37.0. The highest BCUT2D eigenvalue weighted by atomic mass is 32.1. The molecule has 0 fully saturated rings. The highest BCUT2D eigenvalue weighted by Gasteiger charge is 2.22. The van der Waals surface area contributed by atoms with E-state index in [1.54, 1.807) is 0 Å². The summed E-state index contributed by atoms with van der Waals surface area (Å²) < 4.78 is 4.63. The fraction of sp³-hybridized carbons (Fsp3) is 0. The van der Waals surface area contributed by atoms with Crippen LogP contribution in [0.4, 0.5) is 0 Å². The van der Waals surface area contributed by atoms with Crippen LogP contribution < -0.4 is 0 Å². The molecule has 4 aromatic heterocycles. The van der Waals surface area contributed by atoms with Crippen molar-refractivity contribution in [1.29, 1.82) is 0 Å². The molecule has 4 nitrogen and oxygen atoms in total. The van der Waals surface area contributed by atoms with Gasteiger partial charge >= 0.3 is 0 Å². The molecule has 0 saturated carbocycles. The Labute approximate surface area is 327 Å². The van der Waals surface area contributed by atoms with Gasteiger partial charge in [-0.2, -0.15) is 5.10 Å². The molecule has 0 N–H and O–H groups in total. The number of benzene rings is 7. The molecule has 0 aliphatic heterocycles. The molecule has 7 aromatic carbocycles. The zero-order valence-electron chi connectivity index (χ0n) is 30.2. The van der Waals surface area contributed by atoms with Crippen molar-refractivity contribution in [3.8, 4) is 67.5 Å². The third-order valence-corrected chi connectivity index (χ3v) is 11.8. The third-order valence-electron chi connectivity index (χ3n) is 10.6. The van der Waals surface area contributed by atoms with Crippen molar-refractivity contribution >= 4 is 47.8 Å². The molecule has 0 aliphatic rings. The number of aromatic nitrogens is 4. The summed E-state index contributed by atoms with van der Waals surface area (Å²) in [4.78, 5) is 10.5. The van der Waals surface area contributed by atoms with Crippen molar-refractivity contribution in [2.45, 2.75) is 0 Å². The second-order valence-electron chi connectivity index (χ2n) is 14.0. The van der Waals surface area contributed by atoms with Crippen LogP contribution in [0.3, 0.4) is 0 Å². The number of hydrogen-bond acceptors (Lipinski definition) is 4. The van der Waals surface area contributed by atoms with Gasteiger partial charge in [0.2, 0.25) is 0 Å². The standard InChI is InChI=1S/C51H32N4S/c1-4-15-33(16-5-1)42-32-43(53-51(52-42)41-24-14-26-46-48(41)40-23-12-13-25-45(40)56-46)34-27-29-35(30-28-34)44-31-38-21-10-11-22-39(38)50-47(36-17-6-2-7-18-36)49(54-55(44)50)37-19-8-3-9-20-37/h1-32H. The minimum absolute atomic E-state index is 0.717. The third kappa shape index (κ3) is 5.40.